The molecule has 6 aromatic carbocycles. The average Bonchev–Trinajstić information content (AvgIpc) is 3.71. The minimum atomic E-state index is 0.848. The SMILES string of the molecule is C=C(NC)c1ccccn1.CC.CC1=C(c2ccccc2C)C(c2ccc(-n3c4ccccc4c4ccc(-c5cccc(CC/C=C\C=N)c5)cc43)cc2)=CCC1.CN.Cc1ccccc1. The Kier molecular flexibility index (Phi) is 19.4. The molecule has 336 valence electrons. The lowest BCUT2D eigenvalue weighted by molar-refractivity contribution is 0.970. The normalized spacial score (nSPS) is 11.7. The van der Waals surface area contributed by atoms with Gasteiger partial charge in [0, 0.05) is 35.9 Å². The molecular weight excluding hydrogens is 803 g/mol. The smallest absolute Gasteiger partial charge is 0.0854 e. The number of para-hydroxylation sites is 1. The van der Waals surface area contributed by atoms with E-state index in [4.69, 9.17) is 5.41 Å². The number of fused-ring (bicyclic) bond motifs is 3. The second-order valence-electron chi connectivity index (χ2n) is 15.7. The highest BCUT2D eigenvalue weighted by atomic mass is 15.0. The molecule has 0 saturated carbocycles. The number of pyridine rings is 1. The summed E-state index contributed by atoms with van der Waals surface area (Å²) in [6, 6.07) is 58.4. The number of rotatable bonds is 10. The third-order valence-electron chi connectivity index (χ3n) is 11.4. The van der Waals surface area contributed by atoms with Crippen LogP contribution >= 0.6 is 0 Å². The number of hydrogen-bond donors (Lipinski definition) is 3. The Hall–Kier alpha value is -7.34. The van der Waals surface area contributed by atoms with Gasteiger partial charge < -0.3 is 21.0 Å². The number of nitrogens with one attached hydrogen (secondary N) is 2. The molecule has 9 rings (SSSR count). The van der Waals surface area contributed by atoms with Crippen LogP contribution in [0.25, 0.3) is 55.5 Å². The van der Waals surface area contributed by atoms with E-state index in [2.05, 4.69) is 187 Å². The van der Waals surface area contributed by atoms with Crippen molar-refractivity contribution >= 4 is 44.9 Å². The molecule has 0 aliphatic heterocycles. The lowest BCUT2D eigenvalue weighted by Gasteiger charge is -2.23. The lowest BCUT2D eigenvalue weighted by atomic mass is 9.82. The fraction of sp³-hybridized carbons (Fsp3) is 0.180. The number of nitrogens with two attached hydrogens (primary N) is 1. The van der Waals surface area contributed by atoms with Crippen molar-refractivity contribution in [3.05, 3.63) is 234 Å². The zero-order chi connectivity index (χ0) is 47.3. The summed E-state index contributed by atoms with van der Waals surface area (Å²) < 4.78 is 2.42. The van der Waals surface area contributed by atoms with Crippen LogP contribution in [0.15, 0.2) is 200 Å². The number of allylic oxidation sites excluding steroid dienone is 6. The first-order valence-corrected chi connectivity index (χ1v) is 23.1. The Bertz CT molecular complexity index is 2880. The maximum absolute atomic E-state index is 7.21. The number of aryl methyl sites for hydroxylation is 3. The van der Waals surface area contributed by atoms with Crippen LogP contribution in [-0.4, -0.2) is 29.9 Å². The summed E-state index contributed by atoms with van der Waals surface area (Å²) in [5.41, 5.74) is 23.1. The van der Waals surface area contributed by atoms with Crippen molar-refractivity contribution in [1.82, 2.24) is 14.9 Å². The van der Waals surface area contributed by atoms with E-state index < -0.39 is 0 Å². The molecule has 1 aliphatic rings. The van der Waals surface area contributed by atoms with Crippen molar-refractivity contribution in [1.29, 1.82) is 5.41 Å². The van der Waals surface area contributed by atoms with Gasteiger partial charge in [-0.2, -0.15) is 0 Å². The van der Waals surface area contributed by atoms with Crippen molar-refractivity contribution in [2.24, 2.45) is 5.73 Å². The Balaban J connectivity index is 0.000000322. The van der Waals surface area contributed by atoms with Gasteiger partial charge in [-0.15, -0.1) is 0 Å². The van der Waals surface area contributed by atoms with Gasteiger partial charge in [0.1, 0.15) is 0 Å². The first kappa shape index (κ1) is 49.7. The van der Waals surface area contributed by atoms with Crippen LogP contribution in [0.2, 0.25) is 0 Å². The zero-order valence-electron chi connectivity index (χ0n) is 40.0. The summed E-state index contributed by atoms with van der Waals surface area (Å²) >= 11 is 0. The third-order valence-corrected chi connectivity index (χ3v) is 11.4. The molecule has 0 amide bonds. The molecule has 0 bridgehead atoms. The molecule has 0 unspecified atom stereocenters. The molecule has 5 nitrogen and oxygen atoms in total. The summed E-state index contributed by atoms with van der Waals surface area (Å²) in [4.78, 5) is 4.09. The van der Waals surface area contributed by atoms with Crippen molar-refractivity contribution in [3.63, 3.8) is 0 Å². The fourth-order valence-corrected chi connectivity index (χ4v) is 8.12. The Morgan fingerprint density at radius 2 is 1.38 bits per heavy atom. The zero-order valence-corrected chi connectivity index (χ0v) is 40.0. The average molecular weight is 870 g/mol. The van der Waals surface area contributed by atoms with E-state index in [1.54, 1.807) is 12.3 Å². The van der Waals surface area contributed by atoms with E-state index in [9.17, 15) is 0 Å². The molecule has 66 heavy (non-hydrogen) atoms. The Morgan fingerprint density at radius 3 is 2.06 bits per heavy atom. The van der Waals surface area contributed by atoms with E-state index in [0.29, 0.717) is 0 Å². The summed E-state index contributed by atoms with van der Waals surface area (Å²) in [6.07, 6.45) is 13.5. The highest BCUT2D eigenvalue weighted by Crippen LogP contribution is 2.41. The highest BCUT2D eigenvalue weighted by Gasteiger charge is 2.19. The lowest BCUT2D eigenvalue weighted by Crippen LogP contribution is -2.03. The van der Waals surface area contributed by atoms with E-state index in [1.165, 1.54) is 96.4 Å². The van der Waals surface area contributed by atoms with Crippen LogP contribution in [0, 0.1) is 19.3 Å². The molecule has 0 saturated heterocycles. The predicted molar refractivity (Wildman–Crippen MR) is 288 cm³/mol. The number of aromatic nitrogens is 2. The Morgan fingerprint density at radius 1 is 0.712 bits per heavy atom. The maximum atomic E-state index is 7.21. The maximum Gasteiger partial charge on any atom is 0.0854 e. The van der Waals surface area contributed by atoms with Gasteiger partial charge in [0.05, 0.1) is 22.4 Å². The van der Waals surface area contributed by atoms with Gasteiger partial charge >= 0.3 is 0 Å². The van der Waals surface area contributed by atoms with E-state index in [1.807, 2.05) is 57.3 Å². The standard InChI is InChI=1S/C43H38N2.C8H10N2.C7H8.C2H6.CH5N/c1-30-12-5-6-17-37(30)43-31(2)13-10-19-38(43)33-21-24-36(25-22-33)45-41-20-8-7-18-39(41)40-26-23-35(29-42(40)45)34-16-11-15-32(28-34)14-4-3-9-27-44;1-7(9-2)8-5-3-4-6-10-8;1-7-5-3-2-4-6-7;2*1-2/h3,5-9,11-12,15-29,44H,4,10,13-14H2,1-2H3;3-6,9H,1H2,2H3;2-6H,1H3;1-2H3;2H2,1H3/b9-3-,44-27?;;;;. The molecule has 2 heterocycles. The summed E-state index contributed by atoms with van der Waals surface area (Å²) in [7, 11) is 3.33. The number of benzene rings is 6. The summed E-state index contributed by atoms with van der Waals surface area (Å²) in [6.45, 7) is 14.4. The monoisotopic (exact) mass is 870 g/mol. The molecule has 0 spiro atoms. The fourth-order valence-electron chi connectivity index (χ4n) is 8.12. The van der Waals surface area contributed by atoms with Crippen LogP contribution in [0.3, 0.4) is 0 Å². The molecule has 8 aromatic rings. The van der Waals surface area contributed by atoms with E-state index in [-0.39, 0.29) is 0 Å². The molecule has 4 N–H and O–H groups in total. The van der Waals surface area contributed by atoms with Gasteiger partial charge in [-0.1, -0.05) is 171 Å². The van der Waals surface area contributed by atoms with Gasteiger partial charge in [-0.05, 0) is 141 Å². The van der Waals surface area contributed by atoms with Gasteiger partial charge in [-0.25, -0.2) is 0 Å². The highest BCUT2D eigenvalue weighted by molar-refractivity contribution is 6.10. The first-order valence-electron chi connectivity index (χ1n) is 23.1. The topological polar surface area (TPSA) is 79.7 Å². The van der Waals surface area contributed by atoms with Crippen molar-refractivity contribution in [2.75, 3.05) is 14.1 Å². The number of nitrogens with zero attached hydrogens (tertiary/aromatic N) is 2. The molecule has 5 heteroatoms. The molecule has 0 atom stereocenters. The van der Waals surface area contributed by atoms with Crippen molar-refractivity contribution in [3.8, 4) is 16.8 Å². The second kappa shape index (κ2) is 25.8. The summed E-state index contributed by atoms with van der Waals surface area (Å²) in [5.74, 6) is 0. The molecule has 0 fully saturated rings. The Labute approximate surface area is 394 Å². The molecule has 2 aromatic heterocycles. The van der Waals surface area contributed by atoms with Crippen LogP contribution < -0.4 is 11.1 Å². The molecular formula is C61H67N5. The van der Waals surface area contributed by atoms with Crippen LogP contribution in [-0.2, 0) is 6.42 Å². The van der Waals surface area contributed by atoms with E-state index >= 15 is 0 Å². The van der Waals surface area contributed by atoms with Gasteiger partial charge in [0.15, 0.2) is 0 Å². The van der Waals surface area contributed by atoms with Crippen LogP contribution in [0.5, 0.6) is 0 Å². The number of hydrogen-bond acceptors (Lipinski definition) is 4. The third kappa shape index (κ3) is 12.7. The van der Waals surface area contributed by atoms with Crippen LogP contribution in [0.1, 0.15) is 73.5 Å². The first-order chi connectivity index (χ1) is 32.4. The van der Waals surface area contributed by atoms with Gasteiger partial charge in [0.25, 0.3) is 0 Å². The summed E-state index contributed by atoms with van der Waals surface area (Å²) in [5, 5.41) is 12.7. The second-order valence-corrected chi connectivity index (χ2v) is 15.7. The quantitative estimate of drug-likeness (QED) is 0.120. The van der Waals surface area contributed by atoms with Gasteiger partial charge in [0.2, 0.25) is 0 Å². The van der Waals surface area contributed by atoms with Crippen molar-refractivity contribution < 1.29 is 0 Å². The predicted octanol–water partition coefficient (Wildman–Crippen LogP) is 15.4. The van der Waals surface area contributed by atoms with Crippen molar-refractivity contribution in [2.45, 2.75) is 60.3 Å². The molecule has 0 radical (unpaired) electrons. The minimum Gasteiger partial charge on any atom is -0.387 e. The van der Waals surface area contributed by atoms with Crippen LogP contribution in [0.4, 0.5) is 0 Å². The molecule has 1 aliphatic carbocycles. The van der Waals surface area contributed by atoms with Gasteiger partial charge in [-0.3, -0.25) is 4.98 Å². The minimum absolute atomic E-state index is 0.848. The van der Waals surface area contributed by atoms with E-state index in [0.717, 1.165) is 37.1 Å². The largest absolute Gasteiger partial charge is 0.387 e.